The number of amides is 2. The number of alkyl carbamates (subject to hydrolysis) is 1. The van der Waals surface area contributed by atoms with E-state index in [2.05, 4.69) is 15.5 Å². The second-order valence-electron chi connectivity index (χ2n) is 8.69. The first-order valence-corrected chi connectivity index (χ1v) is 9.87. The summed E-state index contributed by atoms with van der Waals surface area (Å²) in [5, 5.41) is 5.85. The predicted octanol–water partition coefficient (Wildman–Crippen LogP) is 2.85. The molecule has 6 heteroatoms. The molecule has 2 amide bonds. The highest BCUT2D eigenvalue weighted by Crippen LogP contribution is 2.30. The van der Waals surface area contributed by atoms with Crippen molar-refractivity contribution in [3.8, 4) is 0 Å². The van der Waals surface area contributed by atoms with Crippen LogP contribution in [0.25, 0.3) is 0 Å². The number of likely N-dealkylation sites (tertiary alicyclic amines) is 1. The molecule has 0 radical (unpaired) electrons. The highest BCUT2D eigenvalue weighted by molar-refractivity contribution is 5.87. The summed E-state index contributed by atoms with van der Waals surface area (Å²) in [6.45, 7) is 8.46. The van der Waals surface area contributed by atoms with Gasteiger partial charge in [-0.3, -0.25) is 4.79 Å². The fourth-order valence-electron chi connectivity index (χ4n) is 3.44. The van der Waals surface area contributed by atoms with Gasteiger partial charge in [0.2, 0.25) is 5.91 Å². The molecule has 1 saturated carbocycles. The van der Waals surface area contributed by atoms with Gasteiger partial charge in [-0.15, -0.1) is 0 Å². The van der Waals surface area contributed by atoms with Gasteiger partial charge in [0.05, 0.1) is 0 Å². The third kappa shape index (κ3) is 6.24. The fourth-order valence-corrected chi connectivity index (χ4v) is 3.44. The molecule has 2 N–H and O–H groups in total. The van der Waals surface area contributed by atoms with Gasteiger partial charge in [0.15, 0.2) is 0 Å². The zero-order valence-corrected chi connectivity index (χ0v) is 16.5. The molecule has 6 nitrogen and oxygen atoms in total. The number of hydrogen-bond acceptors (Lipinski definition) is 4. The molecule has 1 aliphatic carbocycles. The van der Waals surface area contributed by atoms with Gasteiger partial charge in [0.1, 0.15) is 11.6 Å². The molecule has 2 aliphatic rings. The lowest BCUT2D eigenvalue weighted by molar-refractivity contribution is -0.124. The summed E-state index contributed by atoms with van der Waals surface area (Å²) in [6, 6.07) is 8.66. The van der Waals surface area contributed by atoms with Gasteiger partial charge in [-0.2, -0.15) is 0 Å². The molecule has 1 aromatic carbocycles. The second-order valence-corrected chi connectivity index (χ2v) is 8.69. The van der Waals surface area contributed by atoms with Crippen molar-refractivity contribution in [2.24, 2.45) is 5.92 Å². The van der Waals surface area contributed by atoms with E-state index in [4.69, 9.17) is 4.74 Å². The number of benzene rings is 1. The molecule has 2 fully saturated rings. The van der Waals surface area contributed by atoms with Crippen LogP contribution in [0, 0.1) is 5.92 Å². The normalized spacial score (nSPS) is 21.5. The minimum atomic E-state index is -0.765. The second kappa shape index (κ2) is 8.30. The Hall–Kier alpha value is -2.08. The smallest absolute Gasteiger partial charge is 0.408 e. The Balaban J connectivity index is 1.61. The van der Waals surface area contributed by atoms with Crippen molar-refractivity contribution in [2.75, 3.05) is 19.6 Å². The van der Waals surface area contributed by atoms with Gasteiger partial charge in [-0.1, -0.05) is 30.3 Å². The third-order valence-electron chi connectivity index (χ3n) is 4.89. The van der Waals surface area contributed by atoms with Crippen molar-refractivity contribution in [1.82, 2.24) is 15.5 Å². The standard InChI is InChI=1S/C21H31N3O3/c1-21(2,3)27-20(26)23-18(16-7-5-4-6-8-16)19(25)22-17-11-12-24(14-17)13-15-9-10-15/h4-8,15,17-18H,9-14H2,1-3H3,(H,22,25)(H,23,26)/t17?,18-/m0/s1. The number of nitrogens with zero attached hydrogens (tertiary/aromatic N) is 1. The van der Waals surface area contributed by atoms with Gasteiger partial charge in [-0.25, -0.2) is 4.79 Å². The van der Waals surface area contributed by atoms with E-state index in [1.807, 2.05) is 30.3 Å². The molecule has 1 aliphatic heterocycles. The van der Waals surface area contributed by atoms with E-state index in [0.29, 0.717) is 0 Å². The van der Waals surface area contributed by atoms with Crippen LogP contribution in [0.15, 0.2) is 30.3 Å². The van der Waals surface area contributed by atoms with Gasteiger partial charge in [-0.05, 0) is 51.5 Å². The Morgan fingerprint density at radius 2 is 1.89 bits per heavy atom. The molecule has 27 heavy (non-hydrogen) atoms. The van der Waals surface area contributed by atoms with Gasteiger partial charge < -0.3 is 20.3 Å². The van der Waals surface area contributed by atoms with Crippen LogP contribution in [0.5, 0.6) is 0 Å². The number of hydrogen-bond donors (Lipinski definition) is 2. The summed E-state index contributed by atoms with van der Waals surface area (Å²) in [4.78, 5) is 27.6. The first-order valence-electron chi connectivity index (χ1n) is 9.87. The minimum absolute atomic E-state index is 0.128. The summed E-state index contributed by atoms with van der Waals surface area (Å²) in [5.41, 5.74) is 0.130. The Morgan fingerprint density at radius 3 is 2.52 bits per heavy atom. The van der Waals surface area contributed by atoms with Gasteiger partial charge in [0, 0.05) is 25.7 Å². The van der Waals surface area contributed by atoms with Gasteiger partial charge >= 0.3 is 6.09 Å². The number of nitrogens with one attached hydrogen (secondary N) is 2. The van der Waals surface area contributed by atoms with Crippen molar-refractivity contribution in [3.63, 3.8) is 0 Å². The van der Waals surface area contributed by atoms with Crippen LogP contribution in [0.2, 0.25) is 0 Å². The Bertz CT molecular complexity index is 652. The van der Waals surface area contributed by atoms with Crippen LogP contribution in [-0.2, 0) is 9.53 Å². The lowest BCUT2D eigenvalue weighted by Gasteiger charge is -2.24. The highest BCUT2D eigenvalue weighted by atomic mass is 16.6. The monoisotopic (exact) mass is 373 g/mol. The molecule has 3 rings (SSSR count). The predicted molar refractivity (Wildman–Crippen MR) is 104 cm³/mol. The summed E-state index contributed by atoms with van der Waals surface area (Å²) in [6.07, 6.45) is 3.03. The van der Waals surface area contributed by atoms with Gasteiger partial charge in [0.25, 0.3) is 0 Å². The van der Waals surface area contributed by atoms with Crippen LogP contribution in [-0.4, -0.2) is 48.2 Å². The lowest BCUT2D eigenvalue weighted by Crippen LogP contribution is -2.46. The summed E-state index contributed by atoms with van der Waals surface area (Å²) in [7, 11) is 0. The first kappa shape index (κ1) is 19.7. The average molecular weight is 373 g/mol. The lowest BCUT2D eigenvalue weighted by atomic mass is 10.1. The molecule has 0 spiro atoms. The Kier molecular flexibility index (Phi) is 6.05. The van der Waals surface area contributed by atoms with Crippen LogP contribution in [0.1, 0.15) is 51.6 Å². The molecule has 1 unspecified atom stereocenters. The number of carbonyl (C=O) groups is 2. The highest BCUT2D eigenvalue weighted by Gasteiger charge is 2.32. The van der Waals surface area contributed by atoms with Crippen molar-refractivity contribution >= 4 is 12.0 Å². The molecule has 2 atom stereocenters. The van der Waals surface area contributed by atoms with Crippen LogP contribution in [0.4, 0.5) is 4.79 Å². The zero-order valence-electron chi connectivity index (χ0n) is 16.5. The number of ether oxygens (including phenoxy) is 1. The molecule has 0 bridgehead atoms. The van der Waals surface area contributed by atoms with E-state index in [1.165, 1.54) is 12.8 Å². The molecular weight excluding hydrogens is 342 g/mol. The molecule has 148 valence electrons. The maximum Gasteiger partial charge on any atom is 0.408 e. The van der Waals surface area contributed by atoms with Crippen LogP contribution in [0.3, 0.4) is 0 Å². The fraction of sp³-hybridized carbons (Fsp3) is 0.619. The summed E-state index contributed by atoms with van der Waals surface area (Å²) >= 11 is 0. The minimum Gasteiger partial charge on any atom is -0.444 e. The van der Waals surface area contributed by atoms with E-state index in [9.17, 15) is 9.59 Å². The van der Waals surface area contributed by atoms with Crippen molar-refractivity contribution in [3.05, 3.63) is 35.9 Å². The van der Waals surface area contributed by atoms with Crippen molar-refractivity contribution < 1.29 is 14.3 Å². The molecule has 1 aromatic rings. The Labute approximate surface area is 161 Å². The molecule has 1 saturated heterocycles. The topological polar surface area (TPSA) is 70.7 Å². The molecule has 0 aromatic heterocycles. The van der Waals surface area contributed by atoms with Crippen LogP contribution >= 0.6 is 0 Å². The van der Waals surface area contributed by atoms with E-state index in [1.54, 1.807) is 20.8 Å². The summed E-state index contributed by atoms with van der Waals surface area (Å²) in [5.74, 6) is 0.663. The maximum atomic E-state index is 12.9. The molecule has 1 heterocycles. The van der Waals surface area contributed by atoms with Crippen molar-refractivity contribution in [2.45, 2.75) is 57.7 Å². The first-order chi connectivity index (χ1) is 12.8. The van der Waals surface area contributed by atoms with E-state index in [-0.39, 0.29) is 11.9 Å². The van der Waals surface area contributed by atoms with E-state index >= 15 is 0 Å². The number of carbonyl (C=O) groups excluding carboxylic acids is 2. The van der Waals surface area contributed by atoms with Crippen molar-refractivity contribution in [1.29, 1.82) is 0 Å². The van der Waals surface area contributed by atoms with E-state index < -0.39 is 17.7 Å². The SMILES string of the molecule is CC(C)(C)OC(=O)N[C@H](C(=O)NC1CCN(CC2CC2)C1)c1ccccc1. The largest absolute Gasteiger partial charge is 0.444 e. The average Bonchev–Trinajstić information content (AvgIpc) is 3.30. The van der Waals surface area contributed by atoms with E-state index in [0.717, 1.165) is 37.5 Å². The Morgan fingerprint density at radius 1 is 1.19 bits per heavy atom. The molecular formula is C21H31N3O3. The quantitative estimate of drug-likeness (QED) is 0.804. The zero-order chi connectivity index (χ0) is 19.4. The third-order valence-corrected chi connectivity index (χ3v) is 4.89. The number of rotatable bonds is 6. The maximum absolute atomic E-state index is 12.9. The van der Waals surface area contributed by atoms with Crippen LogP contribution < -0.4 is 10.6 Å². The summed E-state index contributed by atoms with van der Waals surface area (Å²) < 4.78 is 5.34.